The van der Waals surface area contributed by atoms with Gasteiger partial charge in [-0.15, -0.1) is 0 Å². The second-order valence-electron chi connectivity index (χ2n) is 2.14. The van der Waals surface area contributed by atoms with Crippen LogP contribution in [0.5, 0.6) is 0 Å². The van der Waals surface area contributed by atoms with Gasteiger partial charge in [-0.1, -0.05) is 20.3 Å². The van der Waals surface area contributed by atoms with E-state index in [9.17, 15) is 8.78 Å². The average molecular weight is 138 g/mol. The van der Waals surface area contributed by atoms with Crippen LogP contribution < -0.4 is 0 Å². The van der Waals surface area contributed by atoms with E-state index in [2.05, 4.69) is 0 Å². The Morgan fingerprint density at radius 1 is 1.50 bits per heavy atom. The van der Waals surface area contributed by atoms with Gasteiger partial charge in [0.25, 0.3) is 0 Å². The minimum absolute atomic E-state index is 0.315. The Morgan fingerprint density at radius 2 is 2.00 bits per heavy atom. The minimum Gasteiger partial charge on any atom is -0.216 e. The minimum atomic E-state index is -1.98. The molecule has 0 aromatic heterocycles. The van der Waals surface area contributed by atoms with Crippen molar-refractivity contribution in [3.63, 3.8) is 0 Å². The molecule has 0 saturated carbocycles. The smallest absolute Gasteiger partial charge is 0.214 e. The van der Waals surface area contributed by atoms with Crippen molar-refractivity contribution < 1.29 is 8.78 Å². The van der Waals surface area contributed by atoms with Crippen molar-refractivity contribution in [3.05, 3.63) is 0 Å². The largest absolute Gasteiger partial charge is 0.216 e. The van der Waals surface area contributed by atoms with Crippen molar-refractivity contribution in [1.82, 2.24) is 0 Å². The summed E-state index contributed by atoms with van der Waals surface area (Å²) in [5.74, 6) is 0. The topological polar surface area (TPSA) is 0 Å². The van der Waals surface area contributed by atoms with Crippen LogP contribution in [0.1, 0.15) is 20.3 Å². The lowest BCUT2D eigenvalue weighted by molar-refractivity contribution is 0.236. The normalized spacial score (nSPS) is 16.1. The molecule has 0 amide bonds. The Balaban J connectivity index is 3.10. The first-order valence-electron chi connectivity index (χ1n) is 2.95. The summed E-state index contributed by atoms with van der Waals surface area (Å²) >= 11 is 0. The highest BCUT2D eigenvalue weighted by molar-refractivity contribution is 6.38. The van der Waals surface area contributed by atoms with Crippen LogP contribution in [-0.2, 0) is 0 Å². The van der Waals surface area contributed by atoms with Crippen LogP contribution in [0.15, 0.2) is 0 Å². The van der Waals surface area contributed by atoms with Crippen LogP contribution in [-0.4, -0.2) is 15.6 Å². The Labute approximate surface area is 51.1 Å². The van der Waals surface area contributed by atoms with Gasteiger partial charge in [0.05, 0.1) is 0 Å². The third-order valence-electron chi connectivity index (χ3n) is 1.28. The van der Waals surface area contributed by atoms with Crippen LogP contribution >= 0.6 is 0 Å². The van der Waals surface area contributed by atoms with E-state index in [1.165, 1.54) is 0 Å². The van der Waals surface area contributed by atoms with Crippen LogP contribution in [0.2, 0.25) is 5.54 Å². The van der Waals surface area contributed by atoms with Gasteiger partial charge >= 0.3 is 0 Å². The Hall–Kier alpha value is 0.0769. The van der Waals surface area contributed by atoms with E-state index in [4.69, 9.17) is 0 Å². The molecule has 0 aromatic rings. The van der Waals surface area contributed by atoms with Crippen molar-refractivity contribution in [2.75, 3.05) is 0 Å². The molecule has 0 fully saturated rings. The number of hydrogen-bond donors (Lipinski definition) is 0. The van der Waals surface area contributed by atoms with Crippen LogP contribution in [0, 0.1) is 0 Å². The van der Waals surface area contributed by atoms with Crippen molar-refractivity contribution >= 4 is 9.52 Å². The second-order valence-corrected chi connectivity index (χ2v) is 4.62. The van der Waals surface area contributed by atoms with E-state index >= 15 is 0 Å². The number of rotatable bonds is 3. The molecule has 0 heterocycles. The van der Waals surface area contributed by atoms with Gasteiger partial charge in [-0.3, -0.25) is 0 Å². The highest BCUT2D eigenvalue weighted by atomic mass is 28.2. The third-order valence-corrected chi connectivity index (χ3v) is 3.02. The summed E-state index contributed by atoms with van der Waals surface area (Å²) in [7, 11) is -1.06. The first kappa shape index (κ1) is 8.08. The van der Waals surface area contributed by atoms with Gasteiger partial charge in [0.2, 0.25) is 6.05 Å². The van der Waals surface area contributed by atoms with Gasteiger partial charge in [0, 0.05) is 0 Å². The first-order valence-corrected chi connectivity index (χ1v) is 4.58. The summed E-state index contributed by atoms with van der Waals surface area (Å²) in [5.41, 5.74) is 0.315. The molecule has 0 aliphatic heterocycles. The zero-order valence-corrected chi connectivity index (χ0v) is 6.74. The van der Waals surface area contributed by atoms with Crippen molar-refractivity contribution in [1.29, 1.82) is 0 Å². The van der Waals surface area contributed by atoms with E-state index in [1.807, 2.05) is 13.8 Å². The van der Waals surface area contributed by atoms with E-state index in [-0.39, 0.29) is 0 Å². The fourth-order valence-electron chi connectivity index (χ4n) is 0.471. The molecule has 0 bridgehead atoms. The number of halogens is 2. The predicted molar refractivity (Wildman–Crippen MR) is 34.3 cm³/mol. The maximum absolute atomic E-state index is 11.5. The van der Waals surface area contributed by atoms with E-state index in [0.29, 0.717) is 5.54 Å². The van der Waals surface area contributed by atoms with E-state index in [0.717, 1.165) is 6.42 Å². The fourth-order valence-corrected chi connectivity index (χ4v) is 1.41. The van der Waals surface area contributed by atoms with Crippen LogP contribution in [0.4, 0.5) is 8.78 Å². The molecule has 0 aliphatic carbocycles. The standard InChI is InChI=1S/C5H12F2Si/c1-3-4(2)8-5(6)7/h4-5H,3,8H2,1-2H3. The summed E-state index contributed by atoms with van der Waals surface area (Å²) in [6.07, 6.45) is 0.913. The van der Waals surface area contributed by atoms with Crippen LogP contribution in [0.3, 0.4) is 0 Å². The first-order chi connectivity index (χ1) is 3.66. The number of alkyl halides is 2. The molecular weight excluding hydrogens is 126 g/mol. The molecular formula is C5H12F2Si. The Bertz CT molecular complexity index is 56.4. The molecule has 3 heteroatoms. The van der Waals surface area contributed by atoms with Gasteiger partial charge in [0.1, 0.15) is 9.52 Å². The molecule has 0 radical (unpaired) electrons. The summed E-state index contributed by atoms with van der Waals surface area (Å²) in [5, 5.41) is 0. The molecule has 0 aromatic carbocycles. The zero-order chi connectivity index (χ0) is 6.57. The molecule has 0 nitrogen and oxygen atoms in total. The molecule has 0 spiro atoms. The highest BCUT2D eigenvalue weighted by Gasteiger charge is 2.08. The summed E-state index contributed by atoms with van der Waals surface area (Å²) < 4.78 is 23.1. The average Bonchev–Trinajstić information content (AvgIpc) is 1.65. The quantitative estimate of drug-likeness (QED) is 0.520. The van der Waals surface area contributed by atoms with Crippen molar-refractivity contribution in [3.8, 4) is 0 Å². The molecule has 0 saturated heterocycles. The van der Waals surface area contributed by atoms with Gasteiger partial charge in [0.15, 0.2) is 0 Å². The lowest BCUT2D eigenvalue weighted by atomic mass is 10.4. The van der Waals surface area contributed by atoms with Gasteiger partial charge < -0.3 is 0 Å². The highest BCUT2D eigenvalue weighted by Crippen LogP contribution is 2.09. The summed E-state index contributed by atoms with van der Waals surface area (Å²) in [6, 6.07) is -1.98. The summed E-state index contributed by atoms with van der Waals surface area (Å²) in [6.45, 7) is 3.86. The van der Waals surface area contributed by atoms with Gasteiger partial charge in [-0.25, -0.2) is 8.78 Å². The second kappa shape index (κ2) is 4.01. The third kappa shape index (κ3) is 4.24. The SMILES string of the molecule is CCC(C)[SiH2]C(F)F. The zero-order valence-electron chi connectivity index (χ0n) is 5.32. The lowest BCUT2D eigenvalue weighted by Crippen LogP contribution is -2.08. The summed E-state index contributed by atoms with van der Waals surface area (Å²) in [4.78, 5) is 0. The molecule has 1 unspecified atom stereocenters. The molecule has 50 valence electrons. The molecule has 8 heavy (non-hydrogen) atoms. The van der Waals surface area contributed by atoms with E-state index in [1.54, 1.807) is 0 Å². The van der Waals surface area contributed by atoms with Crippen LogP contribution in [0.25, 0.3) is 0 Å². The maximum Gasteiger partial charge on any atom is 0.214 e. The van der Waals surface area contributed by atoms with Crippen molar-refractivity contribution in [2.24, 2.45) is 0 Å². The fraction of sp³-hybridized carbons (Fsp3) is 1.00. The molecule has 0 N–H and O–H groups in total. The monoisotopic (exact) mass is 138 g/mol. The maximum atomic E-state index is 11.5. The Kier molecular flexibility index (Phi) is 4.04. The van der Waals surface area contributed by atoms with E-state index < -0.39 is 15.6 Å². The van der Waals surface area contributed by atoms with Gasteiger partial charge in [-0.05, 0) is 5.54 Å². The molecule has 1 atom stereocenters. The molecule has 0 aliphatic rings. The predicted octanol–water partition coefficient (Wildman–Crippen LogP) is 1.60. The van der Waals surface area contributed by atoms with Gasteiger partial charge in [-0.2, -0.15) is 0 Å². The Morgan fingerprint density at radius 3 is 2.12 bits per heavy atom. The lowest BCUT2D eigenvalue weighted by Gasteiger charge is -2.03. The number of hydrogen-bond acceptors (Lipinski definition) is 0. The molecule has 0 rings (SSSR count). The van der Waals surface area contributed by atoms with Crippen molar-refractivity contribution in [2.45, 2.75) is 31.9 Å².